The van der Waals surface area contributed by atoms with Crippen LogP contribution in [-0.4, -0.2) is 59.9 Å². The van der Waals surface area contributed by atoms with Gasteiger partial charge in [-0.05, 0) is 32.6 Å². The van der Waals surface area contributed by atoms with E-state index >= 15 is 0 Å². The second kappa shape index (κ2) is 5.88. The Balaban J connectivity index is 1.78. The highest BCUT2D eigenvalue weighted by Crippen LogP contribution is 2.30. The number of hydrogen-bond donors (Lipinski definition) is 1. The molecule has 1 saturated carbocycles. The summed E-state index contributed by atoms with van der Waals surface area (Å²) >= 11 is 0. The largest absolute Gasteiger partial charge is 0.453 e. The van der Waals surface area contributed by atoms with Gasteiger partial charge in [-0.2, -0.15) is 0 Å². The number of amides is 1. The zero-order valence-corrected chi connectivity index (χ0v) is 11.3. The molecule has 1 unspecified atom stereocenters. The van der Waals surface area contributed by atoms with Crippen LogP contribution < -0.4 is 0 Å². The highest BCUT2D eigenvalue weighted by atomic mass is 16.6. The lowest BCUT2D eigenvalue weighted by Crippen LogP contribution is -2.47. The summed E-state index contributed by atoms with van der Waals surface area (Å²) in [5.74, 6) is -0.898. The number of carbonyl (C=O) groups excluding carboxylic acids is 2. The summed E-state index contributed by atoms with van der Waals surface area (Å²) in [6.07, 6.45) is 2.50. The van der Waals surface area contributed by atoms with E-state index in [9.17, 15) is 14.7 Å². The number of rotatable bonds is 3. The topological polar surface area (TPSA) is 76.1 Å². The highest BCUT2D eigenvalue weighted by Gasteiger charge is 2.40. The fourth-order valence-electron chi connectivity index (χ4n) is 2.56. The lowest BCUT2D eigenvalue weighted by atomic mass is 10.0. The van der Waals surface area contributed by atoms with Crippen LogP contribution in [0.5, 0.6) is 0 Å². The Labute approximate surface area is 112 Å². The van der Waals surface area contributed by atoms with Crippen LogP contribution in [0.2, 0.25) is 0 Å². The van der Waals surface area contributed by atoms with Crippen molar-refractivity contribution in [3.63, 3.8) is 0 Å². The quantitative estimate of drug-likeness (QED) is 0.736. The Kier molecular flexibility index (Phi) is 4.42. The summed E-state index contributed by atoms with van der Waals surface area (Å²) in [7, 11) is 0. The third-order valence-corrected chi connectivity index (χ3v) is 3.73. The first-order valence-corrected chi connectivity index (χ1v) is 6.80. The van der Waals surface area contributed by atoms with Crippen LogP contribution in [-0.2, 0) is 19.1 Å². The van der Waals surface area contributed by atoms with Crippen molar-refractivity contribution in [2.24, 2.45) is 0 Å². The van der Waals surface area contributed by atoms with E-state index in [2.05, 4.69) is 0 Å². The molecule has 108 valence electrons. The van der Waals surface area contributed by atoms with E-state index in [-0.39, 0.29) is 18.6 Å². The van der Waals surface area contributed by atoms with Gasteiger partial charge in [0.15, 0.2) is 12.2 Å². The first kappa shape index (κ1) is 14.3. The second-order valence-electron chi connectivity index (χ2n) is 5.34. The van der Waals surface area contributed by atoms with E-state index < -0.39 is 11.6 Å². The molecule has 6 nitrogen and oxygen atoms in total. The molecule has 19 heavy (non-hydrogen) atoms. The molecule has 0 aromatic carbocycles. The fourth-order valence-corrected chi connectivity index (χ4v) is 2.56. The third kappa shape index (κ3) is 3.45. The molecule has 1 aliphatic carbocycles. The predicted octanol–water partition coefficient (Wildman–Crippen LogP) is 0.0820. The number of morpholine rings is 1. The van der Waals surface area contributed by atoms with Gasteiger partial charge in [0, 0.05) is 13.1 Å². The van der Waals surface area contributed by atoms with Gasteiger partial charge in [0.1, 0.15) is 0 Å². The van der Waals surface area contributed by atoms with Gasteiger partial charge in [0.25, 0.3) is 5.91 Å². The van der Waals surface area contributed by atoms with Crippen LogP contribution in [0, 0.1) is 0 Å². The van der Waals surface area contributed by atoms with Crippen LogP contribution in [0.25, 0.3) is 0 Å². The van der Waals surface area contributed by atoms with Crippen molar-refractivity contribution in [3.05, 3.63) is 0 Å². The Hall–Kier alpha value is -1.14. The van der Waals surface area contributed by atoms with E-state index in [1.54, 1.807) is 4.90 Å². The maximum atomic E-state index is 11.9. The predicted molar refractivity (Wildman–Crippen MR) is 66.4 cm³/mol. The van der Waals surface area contributed by atoms with Crippen LogP contribution in [0.1, 0.15) is 32.6 Å². The zero-order chi connectivity index (χ0) is 13.9. The summed E-state index contributed by atoms with van der Waals surface area (Å²) < 4.78 is 10.3. The molecule has 1 amide bonds. The average Bonchev–Trinajstić information content (AvgIpc) is 2.84. The molecular weight excluding hydrogens is 250 g/mol. The standard InChI is InChI=1S/C13H21NO5/c1-10-8-14(6-7-18-10)11(15)9-19-12(16)13(17)4-2-3-5-13/h10,17H,2-9H2,1H3. The molecule has 1 N–H and O–H groups in total. The molecule has 0 spiro atoms. The number of ether oxygens (including phenoxy) is 2. The van der Waals surface area contributed by atoms with Crippen LogP contribution >= 0.6 is 0 Å². The first-order valence-electron chi connectivity index (χ1n) is 6.80. The lowest BCUT2D eigenvalue weighted by molar-refractivity contribution is -0.169. The number of hydrogen-bond acceptors (Lipinski definition) is 5. The molecule has 1 aliphatic heterocycles. The van der Waals surface area contributed by atoms with Gasteiger partial charge in [0.05, 0.1) is 12.7 Å². The smallest absolute Gasteiger partial charge is 0.338 e. The number of nitrogens with zero attached hydrogens (tertiary/aromatic N) is 1. The molecule has 0 aromatic rings. The average molecular weight is 271 g/mol. The highest BCUT2D eigenvalue weighted by molar-refractivity contribution is 5.84. The van der Waals surface area contributed by atoms with Gasteiger partial charge in [-0.1, -0.05) is 0 Å². The number of carbonyl (C=O) groups is 2. The molecule has 1 heterocycles. The molecule has 2 fully saturated rings. The van der Waals surface area contributed by atoms with Gasteiger partial charge in [-0.3, -0.25) is 4.79 Å². The summed E-state index contributed by atoms with van der Waals surface area (Å²) in [5, 5.41) is 10.0. The Morgan fingerprint density at radius 3 is 2.74 bits per heavy atom. The van der Waals surface area contributed by atoms with Crippen LogP contribution in [0.3, 0.4) is 0 Å². The van der Waals surface area contributed by atoms with Crippen molar-refractivity contribution in [2.45, 2.75) is 44.3 Å². The maximum absolute atomic E-state index is 11.9. The van der Waals surface area contributed by atoms with Gasteiger partial charge < -0.3 is 19.5 Å². The Morgan fingerprint density at radius 1 is 1.42 bits per heavy atom. The van der Waals surface area contributed by atoms with E-state index in [4.69, 9.17) is 9.47 Å². The van der Waals surface area contributed by atoms with Crippen molar-refractivity contribution >= 4 is 11.9 Å². The van der Waals surface area contributed by atoms with Gasteiger partial charge in [-0.15, -0.1) is 0 Å². The molecule has 0 bridgehead atoms. The normalized spacial score (nSPS) is 26.2. The molecule has 1 saturated heterocycles. The van der Waals surface area contributed by atoms with Gasteiger partial charge in [-0.25, -0.2) is 4.79 Å². The van der Waals surface area contributed by atoms with E-state index in [1.165, 1.54) is 0 Å². The summed E-state index contributed by atoms with van der Waals surface area (Å²) in [6.45, 7) is 3.14. The lowest BCUT2D eigenvalue weighted by Gasteiger charge is -2.31. The third-order valence-electron chi connectivity index (χ3n) is 3.73. The molecule has 0 radical (unpaired) electrons. The van der Waals surface area contributed by atoms with Crippen LogP contribution in [0.15, 0.2) is 0 Å². The molecule has 6 heteroatoms. The van der Waals surface area contributed by atoms with E-state index in [0.717, 1.165) is 12.8 Å². The fraction of sp³-hybridized carbons (Fsp3) is 0.846. The zero-order valence-electron chi connectivity index (χ0n) is 11.3. The minimum Gasteiger partial charge on any atom is -0.453 e. The van der Waals surface area contributed by atoms with Gasteiger partial charge >= 0.3 is 5.97 Å². The monoisotopic (exact) mass is 271 g/mol. The molecule has 0 aromatic heterocycles. The second-order valence-corrected chi connectivity index (χ2v) is 5.34. The summed E-state index contributed by atoms with van der Waals surface area (Å²) in [4.78, 5) is 25.3. The Morgan fingerprint density at radius 2 is 2.11 bits per heavy atom. The van der Waals surface area contributed by atoms with E-state index in [1.807, 2.05) is 6.92 Å². The van der Waals surface area contributed by atoms with Crippen molar-refractivity contribution in [2.75, 3.05) is 26.3 Å². The minimum absolute atomic E-state index is 0.00687. The van der Waals surface area contributed by atoms with Crippen molar-refractivity contribution < 1.29 is 24.2 Å². The minimum atomic E-state index is -1.38. The molecular formula is C13H21NO5. The van der Waals surface area contributed by atoms with Crippen molar-refractivity contribution in [1.82, 2.24) is 4.90 Å². The van der Waals surface area contributed by atoms with Crippen molar-refractivity contribution in [3.8, 4) is 0 Å². The van der Waals surface area contributed by atoms with Crippen molar-refractivity contribution in [1.29, 1.82) is 0 Å². The molecule has 1 atom stereocenters. The number of esters is 1. The summed E-state index contributed by atoms with van der Waals surface area (Å²) in [5.41, 5.74) is -1.38. The molecule has 2 rings (SSSR count). The first-order chi connectivity index (χ1) is 9.01. The van der Waals surface area contributed by atoms with Gasteiger partial charge in [0.2, 0.25) is 0 Å². The van der Waals surface area contributed by atoms with Crippen LogP contribution in [0.4, 0.5) is 0 Å². The van der Waals surface area contributed by atoms with E-state index in [0.29, 0.717) is 32.5 Å². The SMILES string of the molecule is CC1CN(C(=O)COC(=O)C2(O)CCCC2)CCO1. The maximum Gasteiger partial charge on any atom is 0.338 e. The number of aliphatic hydroxyl groups is 1. The summed E-state index contributed by atoms with van der Waals surface area (Å²) in [6, 6.07) is 0. The Bertz CT molecular complexity index is 351. The molecule has 2 aliphatic rings.